The van der Waals surface area contributed by atoms with Crippen molar-refractivity contribution in [3.63, 3.8) is 0 Å². The molecule has 1 aromatic rings. The summed E-state index contributed by atoms with van der Waals surface area (Å²) in [6.07, 6.45) is 6.52. The lowest BCUT2D eigenvalue weighted by Gasteiger charge is -2.50. The lowest BCUT2D eigenvalue weighted by molar-refractivity contribution is -0.146. The largest absolute Gasteiger partial charge is 0.504 e. The number of ether oxygens (including phenoxy) is 2. The van der Waals surface area contributed by atoms with Crippen LogP contribution in [-0.2, 0) is 16.0 Å². The van der Waals surface area contributed by atoms with Crippen molar-refractivity contribution in [2.45, 2.75) is 64.5 Å². The molecule has 0 aromatic heterocycles. The summed E-state index contributed by atoms with van der Waals surface area (Å²) in [7, 11) is 1.58. The molecule has 0 bridgehead atoms. The molecule has 5 heteroatoms. The van der Waals surface area contributed by atoms with Gasteiger partial charge < -0.3 is 14.6 Å². The number of phenolic OH excluding ortho intramolecular Hbond substituents is 1. The van der Waals surface area contributed by atoms with Gasteiger partial charge in [0, 0.05) is 25.0 Å². The van der Waals surface area contributed by atoms with E-state index < -0.39 is 0 Å². The molecule has 0 spiro atoms. The maximum atomic E-state index is 13.0. The maximum Gasteiger partial charge on any atom is 0.310 e. The molecule has 5 rings (SSSR count). The molecule has 168 valence electrons. The molecule has 2 heterocycles. The van der Waals surface area contributed by atoms with Crippen molar-refractivity contribution in [3.05, 3.63) is 35.4 Å². The van der Waals surface area contributed by atoms with Gasteiger partial charge in [0.05, 0.1) is 13.0 Å². The van der Waals surface area contributed by atoms with E-state index in [0.29, 0.717) is 17.6 Å². The van der Waals surface area contributed by atoms with E-state index in [1.54, 1.807) is 7.11 Å². The Morgan fingerprint density at radius 3 is 2.94 bits per heavy atom. The van der Waals surface area contributed by atoms with Crippen molar-refractivity contribution in [3.8, 4) is 11.5 Å². The zero-order chi connectivity index (χ0) is 21.9. The fraction of sp³-hybridized carbons (Fsp3) is 0.654. The Morgan fingerprint density at radius 2 is 2.16 bits per heavy atom. The number of aromatic hydroxyl groups is 1. The third kappa shape index (κ3) is 3.36. The van der Waals surface area contributed by atoms with Crippen LogP contribution in [0.3, 0.4) is 0 Å². The van der Waals surface area contributed by atoms with Crippen LogP contribution in [0.5, 0.6) is 11.5 Å². The number of nitrogens with zero attached hydrogens (tertiary/aromatic N) is 1. The molecule has 2 aliphatic heterocycles. The molecule has 1 N–H and O–H groups in total. The topological polar surface area (TPSA) is 59.0 Å². The van der Waals surface area contributed by atoms with Crippen LogP contribution in [0.25, 0.3) is 0 Å². The standard InChI is InChI=1S/C26H35NO4/c1-15-6-5-8-26(3)13-24-19(11-21(15)26)20(25(29)31-24)14-27-9-7-17-10-22(28)23(30-4)12-18(17)16(27)2/h10,12,16,19-21,24,28H,1,5-9,11,13-14H2,2-4H3/t16-,19+,20-,21+,24+,26+/m0/s1. The molecule has 0 amide bonds. The summed E-state index contributed by atoms with van der Waals surface area (Å²) in [5, 5.41) is 10.1. The molecule has 31 heavy (non-hydrogen) atoms. The minimum absolute atomic E-state index is 0.0101. The average Bonchev–Trinajstić information content (AvgIpc) is 3.02. The predicted octanol–water partition coefficient (Wildman–Crippen LogP) is 4.63. The fourth-order valence-electron chi connectivity index (χ4n) is 7.02. The van der Waals surface area contributed by atoms with Crippen LogP contribution in [0.4, 0.5) is 0 Å². The number of phenols is 1. The number of rotatable bonds is 3. The van der Waals surface area contributed by atoms with Crippen LogP contribution in [0.15, 0.2) is 24.3 Å². The van der Waals surface area contributed by atoms with Gasteiger partial charge in [0.1, 0.15) is 6.10 Å². The number of allylic oxidation sites excluding steroid dienone is 1. The van der Waals surface area contributed by atoms with Gasteiger partial charge in [-0.15, -0.1) is 0 Å². The summed E-state index contributed by atoms with van der Waals surface area (Å²) in [4.78, 5) is 15.4. The monoisotopic (exact) mass is 425 g/mol. The van der Waals surface area contributed by atoms with E-state index in [4.69, 9.17) is 9.47 Å². The number of carbonyl (C=O) groups excluding carboxylic acids is 1. The van der Waals surface area contributed by atoms with Crippen LogP contribution >= 0.6 is 0 Å². The van der Waals surface area contributed by atoms with Gasteiger partial charge in [0.2, 0.25) is 0 Å². The van der Waals surface area contributed by atoms with Crippen LogP contribution in [0.2, 0.25) is 0 Å². The summed E-state index contributed by atoms with van der Waals surface area (Å²) < 4.78 is 11.3. The Balaban J connectivity index is 1.36. The second kappa shape index (κ2) is 7.54. The van der Waals surface area contributed by atoms with Crippen LogP contribution in [0, 0.1) is 23.2 Å². The van der Waals surface area contributed by atoms with E-state index in [2.05, 4.69) is 25.3 Å². The number of fused-ring (bicyclic) bond motifs is 3. The Kier molecular flexibility index (Phi) is 5.08. The highest BCUT2D eigenvalue weighted by Crippen LogP contribution is 2.57. The molecular weight excluding hydrogens is 390 g/mol. The van der Waals surface area contributed by atoms with Gasteiger partial charge in [-0.2, -0.15) is 0 Å². The van der Waals surface area contributed by atoms with Crippen LogP contribution < -0.4 is 4.74 Å². The molecule has 1 aromatic carbocycles. The SMILES string of the molecule is C=C1CCC[C@]2(C)C[C@H]3OC(=O)[C@@H](CN4CCc5cc(O)c(OC)cc5[C@@H]4C)[C@H]3C[C@H]12. The molecule has 1 saturated heterocycles. The van der Waals surface area contributed by atoms with Crippen molar-refractivity contribution in [1.29, 1.82) is 0 Å². The third-order valence-electron chi connectivity index (χ3n) is 8.86. The number of benzene rings is 1. The predicted molar refractivity (Wildman–Crippen MR) is 119 cm³/mol. The Bertz CT molecular complexity index is 911. The first-order valence-corrected chi connectivity index (χ1v) is 11.8. The summed E-state index contributed by atoms with van der Waals surface area (Å²) in [5.41, 5.74) is 3.97. The quantitative estimate of drug-likeness (QED) is 0.565. The minimum atomic E-state index is -0.0627. The zero-order valence-electron chi connectivity index (χ0n) is 19.0. The fourth-order valence-corrected chi connectivity index (χ4v) is 7.02. The molecule has 6 atom stereocenters. The Morgan fingerprint density at radius 1 is 1.35 bits per heavy atom. The van der Waals surface area contributed by atoms with Crippen molar-refractivity contribution in [1.82, 2.24) is 4.90 Å². The lowest BCUT2D eigenvalue weighted by atomic mass is 9.55. The molecule has 0 unspecified atom stereocenters. The summed E-state index contributed by atoms with van der Waals surface area (Å²) >= 11 is 0. The first-order chi connectivity index (χ1) is 14.8. The third-order valence-corrected chi connectivity index (χ3v) is 8.86. The van der Waals surface area contributed by atoms with E-state index in [9.17, 15) is 9.90 Å². The number of carbonyl (C=O) groups is 1. The Labute approximate surface area is 185 Å². The van der Waals surface area contributed by atoms with Gasteiger partial charge >= 0.3 is 5.97 Å². The van der Waals surface area contributed by atoms with Crippen molar-refractivity contribution >= 4 is 5.97 Å². The number of methoxy groups -OCH3 is 1. The summed E-state index contributed by atoms with van der Waals surface area (Å²) in [6, 6.07) is 3.96. The molecule has 4 aliphatic rings. The van der Waals surface area contributed by atoms with Gasteiger partial charge in [-0.05, 0) is 80.0 Å². The number of esters is 1. The molecular formula is C26H35NO4. The van der Waals surface area contributed by atoms with Crippen molar-refractivity contribution < 1.29 is 19.4 Å². The average molecular weight is 426 g/mol. The van der Waals surface area contributed by atoms with E-state index >= 15 is 0 Å². The van der Waals surface area contributed by atoms with Crippen molar-refractivity contribution in [2.24, 2.45) is 23.2 Å². The molecule has 2 aliphatic carbocycles. The highest BCUT2D eigenvalue weighted by Gasteiger charge is 2.55. The first kappa shape index (κ1) is 20.9. The smallest absolute Gasteiger partial charge is 0.310 e. The van der Waals surface area contributed by atoms with E-state index in [1.165, 1.54) is 29.5 Å². The first-order valence-electron chi connectivity index (χ1n) is 11.8. The molecule has 2 saturated carbocycles. The summed E-state index contributed by atoms with van der Waals surface area (Å²) in [6.45, 7) is 10.6. The van der Waals surface area contributed by atoms with Crippen molar-refractivity contribution in [2.75, 3.05) is 20.2 Å². The summed E-state index contributed by atoms with van der Waals surface area (Å²) in [5.74, 6) is 1.45. The minimum Gasteiger partial charge on any atom is -0.504 e. The zero-order valence-corrected chi connectivity index (χ0v) is 19.0. The van der Waals surface area contributed by atoms with Gasteiger partial charge in [0.25, 0.3) is 0 Å². The van der Waals surface area contributed by atoms with Gasteiger partial charge in [-0.25, -0.2) is 0 Å². The van der Waals surface area contributed by atoms with E-state index in [1.807, 2.05) is 12.1 Å². The molecule has 0 radical (unpaired) electrons. The normalized spacial score (nSPS) is 37.6. The molecule has 5 nitrogen and oxygen atoms in total. The second-order valence-electron chi connectivity index (χ2n) is 10.5. The van der Waals surface area contributed by atoms with E-state index in [0.717, 1.165) is 38.8 Å². The van der Waals surface area contributed by atoms with Gasteiger partial charge in [0.15, 0.2) is 11.5 Å². The van der Waals surface area contributed by atoms with Gasteiger partial charge in [-0.3, -0.25) is 9.69 Å². The second-order valence-corrected chi connectivity index (χ2v) is 10.5. The van der Waals surface area contributed by atoms with E-state index in [-0.39, 0.29) is 35.2 Å². The van der Waals surface area contributed by atoms with Crippen LogP contribution in [-0.4, -0.2) is 42.3 Å². The molecule has 3 fully saturated rings. The maximum absolute atomic E-state index is 13.0. The highest BCUT2D eigenvalue weighted by molar-refractivity contribution is 5.75. The number of hydrogen-bond acceptors (Lipinski definition) is 5. The number of hydrogen-bond donors (Lipinski definition) is 1. The lowest BCUT2D eigenvalue weighted by Crippen LogP contribution is -2.46. The van der Waals surface area contributed by atoms with Gasteiger partial charge in [-0.1, -0.05) is 19.1 Å². The highest BCUT2D eigenvalue weighted by atomic mass is 16.6. The van der Waals surface area contributed by atoms with Crippen LogP contribution in [0.1, 0.15) is 63.1 Å². The Hall–Kier alpha value is -2.01.